The Morgan fingerprint density at radius 2 is 1.80 bits per heavy atom. The van der Waals surface area contributed by atoms with E-state index < -0.39 is 0 Å². The Bertz CT molecular complexity index is 502. The minimum Gasteiger partial charge on any atom is -0.389 e. The van der Waals surface area contributed by atoms with Crippen LogP contribution in [0.3, 0.4) is 0 Å². The van der Waals surface area contributed by atoms with Crippen molar-refractivity contribution in [2.24, 2.45) is 5.73 Å². The minimum absolute atomic E-state index is 0.234. The van der Waals surface area contributed by atoms with E-state index in [0.717, 1.165) is 41.9 Å². The first-order chi connectivity index (χ1) is 9.29. The van der Waals surface area contributed by atoms with E-state index in [9.17, 15) is 0 Å². The minimum atomic E-state index is 0.234. The summed E-state index contributed by atoms with van der Waals surface area (Å²) >= 11 is 8.66. The number of nitrogens with two attached hydrogens (primary N) is 1. The summed E-state index contributed by atoms with van der Waals surface area (Å²) in [6.45, 7) is 10.9. The molecule has 5 heteroatoms. The molecule has 0 aliphatic carbocycles. The monoisotopic (exact) mass is 355 g/mol. The first-order valence-corrected chi connectivity index (χ1v) is 8.08. The summed E-state index contributed by atoms with van der Waals surface area (Å²) in [6, 6.07) is 6.16. The molecule has 1 aliphatic rings. The second kappa shape index (κ2) is 6.00. The molecule has 2 rings (SSSR count). The van der Waals surface area contributed by atoms with Gasteiger partial charge in [0.1, 0.15) is 4.99 Å². The Morgan fingerprint density at radius 3 is 2.30 bits per heavy atom. The number of hydrogen-bond donors (Lipinski definition) is 1. The molecule has 1 aliphatic heterocycles. The fourth-order valence-electron chi connectivity index (χ4n) is 2.60. The summed E-state index contributed by atoms with van der Waals surface area (Å²) < 4.78 is 1.01. The Kier molecular flexibility index (Phi) is 4.72. The highest BCUT2D eigenvalue weighted by atomic mass is 79.9. The summed E-state index contributed by atoms with van der Waals surface area (Å²) in [5.41, 5.74) is 8.20. The maximum atomic E-state index is 5.86. The van der Waals surface area contributed by atoms with Crippen LogP contribution in [-0.4, -0.2) is 41.6 Å². The molecule has 1 heterocycles. The third-order valence-corrected chi connectivity index (χ3v) is 4.51. The van der Waals surface area contributed by atoms with E-state index in [2.05, 4.69) is 52.6 Å². The van der Waals surface area contributed by atoms with Crippen LogP contribution in [-0.2, 0) is 0 Å². The van der Waals surface area contributed by atoms with E-state index in [1.54, 1.807) is 0 Å². The van der Waals surface area contributed by atoms with Crippen molar-refractivity contribution < 1.29 is 0 Å². The first-order valence-electron chi connectivity index (χ1n) is 6.88. The molecule has 2 N–H and O–H groups in total. The molecule has 110 valence electrons. The van der Waals surface area contributed by atoms with Crippen molar-refractivity contribution >= 4 is 38.8 Å². The zero-order valence-electron chi connectivity index (χ0n) is 12.3. The lowest BCUT2D eigenvalue weighted by Gasteiger charge is -2.43. The fourth-order valence-corrected chi connectivity index (χ4v) is 3.12. The summed E-state index contributed by atoms with van der Waals surface area (Å²) in [7, 11) is 0. The lowest BCUT2D eigenvalue weighted by atomic mass is 10.0. The van der Waals surface area contributed by atoms with Gasteiger partial charge in [0.15, 0.2) is 0 Å². The van der Waals surface area contributed by atoms with Crippen molar-refractivity contribution in [3.63, 3.8) is 0 Å². The SMILES string of the molecule is CC(C)(C)N1CCN(c2ccc(Br)cc2C(N)=S)CC1. The van der Waals surface area contributed by atoms with Crippen molar-refractivity contribution in [3.8, 4) is 0 Å². The molecule has 0 unspecified atom stereocenters. The van der Waals surface area contributed by atoms with Gasteiger partial charge in [-0.3, -0.25) is 4.90 Å². The van der Waals surface area contributed by atoms with Gasteiger partial charge in [0.2, 0.25) is 0 Å². The van der Waals surface area contributed by atoms with Gasteiger partial charge in [-0.05, 0) is 39.0 Å². The molecule has 0 atom stereocenters. The van der Waals surface area contributed by atoms with Crippen LogP contribution >= 0.6 is 28.1 Å². The van der Waals surface area contributed by atoms with E-state index in [4.69, 9.17) is 18.0 Å². The van der Waals surface area contributed by atoms with E-state index in [-0.39, 0.29) is 5.54 Å². The summed E-state index contributed by atoms with van der Waals surface area (Å²) in [5.74, 6) is 0. The first kappa shape index (κ1) is 15.7. The van der Waals surface area contributed by atoms with Gasteiger partial charge in [-0.2, -0.15) is 0 Å². The molecule has 0 aromatic heterocycles. The van der Waals surface area contributed by atoms with Gasteiger partial charge >= 0.3 is 0 Å². The lowest BCUT2D eigenvalue weighted by molar-refractivity contribution is 0.128. The molecular formula is C15H22BrN3S. The number of piperazine rings is 1. The van der Waals surface area contributed by atoms with Crippen LogP contribution in [0.4, 0.5) is 5.69 Å². The second-order valence-corrected chi connectivity index (χ2v) is 7.53. The lowest BCUT2D eigenvalue weighted by Crippen LogP contribution is -2.53. The Morgan fingerprint density at radius 1 is 1.20 bits per heavy atom. The molecule has 3 nitrogen and oxygen atoms in total. The van der Waals surface area contributed by atoms with Crippen molar-refractivity contribution in [2.45, 2.75) is 26.3 Å². The predicted molar refractivity (Wildman–Crippen MR) is 93.6 cm³/mol. The Hall–Kier alpha value is -0.650. The molecule has 1 aromatic carbocycles. The molecular weight excluding hydrogens is 334 g/mol. The highest BCUT2D eigenvalue weighted by molar-refractivity contribution is 9.10. The number of nitrogens with zero attached hydrogens (tertiary/aromatic N) is 2. The molecule has 0 radical (unpaired) electrons. The van der Waals surface area contributed by atoms with Crippen LogP contribution in [0.1, 0.15) is 26.3 Å². The smallest absolute Gasteiger partial charge is 0.106 e. The van der Waals surface area contributed by atoms with E-state index in [1.807, 2.05) is 12.1 Å². The third kappa shape index (κ3) is 3.51. The van der Waals surface area contributed by atoms with Gasteiger partial charge in [-0.25, -0.2) is 0 Å². The quantitative estimate of drug-likeness (QED) is 0.826. The van der Waals surface area contributed by atoms with Crippen LogP contribution in [0.15, 0.2) is 22.7 Å². The molecule has 0 spiro atoms. The van der Waals surface area contributed by atoms with Crippen LogP contribution in [0.5, 0.6) is 0 Å². The third-order valence-electron chi connectivity index (χ3n) is 3.79. The maximum absolute atomic E-state index is 5.86. The predicted octanol–water partition coefficient (Wildman–Crippen LogP) is 3.00. The second-order valence-electron chi connectivity index (χ2n) is 6.17. The van der Waals surface area contributed by atoms with Crippen LogP contribution in [0.25, 0.3) is 0 Å². The van der Waals surface area contributed by atoms with Gasteiger partial charge in [0.25, 0.3) is 0 Å². The van der Waals surface area contributed by atoms with Gasteiger partial charge in [0.05, 0.1) is 0 Å². The summed E-state index contributed by atoms with van der Waals surface area (Å²) in [5, 5.41) is 0. The number of thiocarbonyl (C=S) groups is 1. The Balaban J connectivity index is 2.17. The number of anilines is 1. The molecule has 0 bridgehead atoms. The van der Waals surface area contributed by atoms with E-state index in [0.29, 0.717) is 4.99 Å². The summed E-state index contributed by atoms with van der Waals surface area (Å²) in [4.78, 5) is 5.35. The topological polar surface area (TPSA) is 32.5 Å². The highest BCUT2D eigenvalue weighted by Crippen LogP contribution is 2.27. The number of halogens is 1. The van der Waals surface area contributed by atoms with Crippen molar-refractivity contribution in [1.29, 1.82) is 0 Å². The van der Waals surface area contributed by atoms with E-state index in [1.165, 1.54) is 0 Å². The number of hydrogen-bond acceptors (Lipinski definition) is 3. The molecule has 0 saturated carbocycles. The zero-order chi connectivity index (χ0) is 14.9. The average molecular weight is 356 g/mol. The van der Waals surface area contributed by atoms with Crippen LogP contribution in [0.2, 0.25) is 0 Å². The average Bonchev–Trinajstić information content (AvgIpc) is 2.37. The number of rotatable bonds is 2. The van der Waals surface area contributed by atoms with Gasteiger partial charge in [0, 0.05) is 47.4 Å². The molecule has 1 aromatic rings. The largest absolute Gasteiger partial charge is 0.389 e. The number of benzene rings is 1. The highest BCUT2D eigenvalue weighted by Gasteiger charge is 2.26. The zero-order valence-corrected chi connectivity index (χ0v) is 14.7. The fraction of sp³-hybridized carbons (Fsp3) is 0.533. The van der Waals surface area contributed by atoms with Crippen molar-refractivity contribution in [2.75, 3.05) is 31.1 Å². The molecule has 0 amide bonds. The van der Waals surface area contributed by atoms with Crippen molar-refractivity contribution in [3.05, 3.63) is 28.2 Å². The normalized spacial score (nSPS) is 17.3. The van der Waals surface area contributed by atoms with Gasteiger partial charge < -0.3 is 10.6 Å². The van der Waals surface area contributed by atoms with Crippen LogP contribution < -0.4 is 10.6 Å². The Labute approximate surface area is 135 Å². The van der Waals surface area contributed by atoms with Gasteiger partial charge in [-0.1, -0.05) is 28.1 Å². The molecule has 1 fully saturated rings. The standard InChI is InChI=1S/C15H22BrN3S/c1-15(2,3)19-8-6-18(7-9-19)13-5-4-11(16)10-12(13)14(17)20/h4-5,10H,6-9H2,1-3H3,(H2,17,20). The van der Waals surface area contributed by atoms with Gasteiger partial charge in [-0.15, -0.1) is 0 Å². The van der Waals surface area contributed by atoms with Crippen LogP contribution in [0, 0.1) is 0 Å². The molecule has 20 heavy (non-hydrogen) atoms. The van der Waals surface area contributed by atoms with E-state index >= 15 is 0 Å². The van der Waals surface area contributed by atoms with Crippen molar-refractivity contribution in [1.82, 2.24) is 4.90 Å². The molecule has 1 saturated heterocycles. The maximum Gasteiger partial charge on any atom is 0.106 e. The summed E-state index contributed by atoms with van der Waals surface area (Å²) in [6.07, 6.45) is 0.